The molecule has 0 bridgehead atoms. The molecule has 0 saturated carbocycles. The van der Waals surface area contributed by atoms with Crippen molar-refractivity contribution in [1.82, 2.24) is 5.32 Å². The van der Waals surface area contributed by atoms with Gasteiger partial charge in [0.1, 0.15) is 17.3 Å². The van der Waals surface area contributed by atoms with Gasteiger partial charge < -0.3 is 19.4 Å². The summed E-state index contributed by atoms with van der Waals surface area (Å²) in [6.07, 6.45) is 1.12. The second kappa shape index (κ2) is 9.28. The lowest BCUT2D eigenvalue weighted by atomic mass is 10.1. The zero-order valence-corrected chi connectivity index (χ0v) is 15.6. The van der Waals surface area contributed by atoms with Crippen molar-refractivity contribution in [2.45, 2.75) is 24.5 Å². The number of methoxy groups -OCH3 is 1. The van der Waals surface area contributed by atoms with Crippen molar-refractivity contribution in [2.24, 2.45) is 5.92 Å². The fraction of sp³-hybridized carbons (Fsp3) is 0.474. The highest BCUT2D eigenvalue weighted by Gasteiger charge is 2.24. The molecule has 1 aromatic heterocycles. The molecule has 1 N–H and O–H groups in total. The molecule has 1 fully saturated rings. The van der Waals surface area contributed by atoms with Crippen LogP contribution in [-0.2, 0) is 12.3 Å². The number of ether oxygens (including phenoxy) is 1. The Bertz CT molecular complexity index is 696. The maximum atomic E-state index is 12.2. The Kier molecular flexibility index (Phi) is 6.80. The zero-order chi connectivity index (χ0) is 18.4. The molecular weight excluding hydrogens is 358 g/mol. The third-order valence-electron chi connectivity index (χ3n) is 4.51. The first-order valence-corrected chi connectivity index (χ1v) is 9.76. The van der Waals surface area contributed by atoms with Crippen LogP contribution in [-0.4, -0.2) is 32.5 Å². The van der Waals surface area contributed by atoms with Crippen molar-refractivity contribution in [3.05, 3.63) is 47.9 Å². The summed E-state index contributed by atoms with van der Waals surface area (Å²) in [4.78, 5) is 2.36. The molecule has 3 rings (SSSR count). The van der Waals surface area contributed by atoms with Crippen molar-refractivity contribution >= 4 is 17.4 Å². The van der Waals surface area contributed by atoms with Gasteiger partial charge in [0, 0.05) is 19.6 Å². The summed E-state index contributed by atoms with van der Waals surface area (Å²) in [6.45, 7) is 3.52. The van der Waals surface area contributed by atoms with Gasteiger partial charge in [-0.3, -0.25) is 0 Å². The highest BCUT2D eigenvalue weighted by molar-refractivity contribution is 7.98. The number of halogens is 2. The minimum atomic E-state index is -2.37. The van der Waals surface area contributed by atoms with Crippen LogP contribution in [0.2, 0.25) is 0 Å². The second-order valence-corrected chi connectivity index (χ2v) is 7.32. The van der Waals surface area contributed by atoms with Gasteiger partial charge in [-0.05, 0) is 36.6 Å². The van der Waals surface area contributed by atoms with E-state index in [1.807, 2.05) is 24.3 Å². The van der Waals surface area contributed by atoms with Crippen molar-refractivity contribution in [3.8, 4) is 5.75 Å². The first-order chi connectivity index (χ1) is 12.7. The molecule has 0 radical (unpaired) electrons. The van der Waals surface area contributed by atoms with E-state index in [4.69, 9.17) is 9.15 Å². The smallest absolute Gasteiger partial charge is 0.284 e. The molecule has 4 nitrogen and oxygen atoms in total. The summed E-state index contributed by atoms with van der Waals surface area (Å²) >= 11 is 0.580. The lowest BCUT2D eigenvalue weighted by Crippen LogP contribution is -2.26. The van der Waals surface area contributed by atoms with Gasteiger partial charge in [-0.2, -0.15) is 8.78 Å². The normalized spacial score (nSPS) is 17.2. The van der Waals surface area contributed by atoms with Gasteiger partial charge in [0.15, 0.2) is 0 Å². The molecule has 1 aromatic carbocycles. The first-order valence-electron chi connectivity index (χ1n) is 8.71. The molecule has 1 aliphatic rings. The molecule has 142 valence electrons. The molecule has 2 aromatic rings. The topological polar surface area (TPSA) is 37.6 Å². The summed E-state index contributed by atoms with van der Waals surface area (Å²) < 4.78 is 35.4. The quantitative estimate of drug-likeness (QED) is 0.698. The third kappa shape index (κ3) is 5.14. The Morgan fingerprint density at radius 2 is 2.08 bits per heavy atom. The molecule has 0 spiro atoms. The lowest BCUT2D eigenvalue weighted by molar-refractivity contribution is 0.251. The van der Waals surface area contributed by atoms with E-state index in [-0.39, 0.29) is 5.75 Å². The Morgan fingerprint density at radius 1 is 1.27 bits per heavy atom. The number of alkyl halides is 2. The van der Waals surface area contributed by atoms with Gasteiger partial charge in [-0.15, -0.1) is 0 Å². The predicted molar refractivity (Wildman–Crippen MR) is 101 cm³/mol. The SMILES string of the molecule is COc1ccccc1N1CCC(CNCc2ccc(CSC(F)F)o2)C1. The number of hydrogen-bond acceptors (Lipinski definition) is 5. The molecule has 1 unspecified atom stereocenters. The van der Waals surface area contributed by atoms with E-state index in [1.165, 1.54) is 0 Å². The molecular formula is C19H24F2N2O2S. The van der Waals surface area contributed by atoms with E-state index in [0.29, 0.717) is 30.0 Å². The molecule has 2 heterocycles. The molecule has 26 heavy (non-hydrogen) atoms. The van der Waals surface area contributed by atoms with E-state index >= 15 is 0 Å². The third-order valence-corrected chi connectivity index (χ3v) is 5.22. The van der Waals surface area contributed by atoms with Gasteiger partial charge in [-0.1, -0.05) is 23.9 Å². The number of para-hydroxylation sites is 2. The molecule has 0 aliphatic carbocycles. The second-order valence-electron chi connectivity index (χ2n) is 6.34. The zero-order valence-electron chi connectivity index (χ0n) is 14.8. The van der Waals surface area contributed by atoms with E-state index < -0.39 is 5.76 Å². The number of furan rings is 1. The van der Waals surface area contributed by atoms with Crippen LogP contribution in [0.25, 0.3) is 0 Å². The summed E-state index contributed by atoms with van der Waals surface area (Å²) in [7, 11) is 1.70. The Balaban J connectivity index is 1.42. The van der Waals surface area contributed by atoms with Crippen LogP contribution in [0.1, 0.15) is 17.9 Å². The highest BCUT2D eigenvalue weighted by atomic mass is 32.2. The maximum absolute atomic E-state index is 12.2. The van der Waals surface area contributed by atoms with Gasteiger partial charge in [0.25, 0.3) is 5.76 Å². The van der Waals surface area contributed by atoms with Gasteiger partial charge in [0.2, 0.25) is 0 Å². The van der Waals surface area contributed by atoms with Crippen molar-refractivity contribution in [3.63, 3.8) is 0 Å². The Labute approximate surface area is 156 Å². The van der Waals surface area contributed by atoms with Crippen LogP contribution >= 0.6 is 11.8 Å². The minimum absolute atomic E-state index is 0.203. The Hall–Kier alpha value is -1.73. The van der Waals surface area contributed by atoms with Crippen LogP contribution in [0.5, 0.6) is 5.75 Å². The molecule has 1 aliphatic heterocycles. The fourth-order valence-corrected chi connectivity index (χ4v) is 3.69. The van der Waals surface area contributed by atoms with E-state index in [2.05, 4.69) is 16.3 Å². The lowest BCUT2D eigenvalue weighted by Gasteiger charge is -2.21. The standard InChI is InChI=1S/C19H24F2N2O2S/c1-24-18-5-3-2-4-17(18)23-9-8-14(12-23)10-22-11-15-6-7-16(25-15)13-26-19(20)21/h2-7,14,19,22H,8-13H2,1H3. The van der Waals surface area contributed by atoms with Crippen LogP contribution in [0.15, 0.2) is 40.8 Å². The van der Waals surface area contributed by atoms with E-state index in [1.54, 1.807) is 13.2 Å². The number of hydrogen-bond donors (Lipinski definition) is 1. The average Bonchev–Trinajstić information content (AvgIpc) is 3.29. The van der Waals surface area contributed by atoms with Crippen molar-refractivity contribution in [1.29, 1.82) is 0 Å². The average molecular weight is 382 g/mol. The largest absolute Gasteiger partial charge is 0.495 e. The van der Waals surface area contributed by atoms with Gasteiger partial charge in [0.05, 0.1) is 25.1 Å². The number of thioether (sulfide) groups is 1. The fourth-order valence-electron chi connectivity index (χ4n) is 3.25. The Morgan fingerprint density at radius 3 is 2.88 bits per heavy atom. The monoisotopic (exact) mass is 382 g/mol. The number of nitrogens with zero attached hydrogens (tertiary/aromatic N) is 1. The highest BCUT2D eigenvalue weighted by Crippen LogP contribution is 2.31. The number of nitrogens with one attached hydrogen (secondary N) is 1. The molecule has 0 amide bonds. The first kappa shape index (κ1) is 19.0. The van der Waals surface area contributed by atoms with Crippen LogP contribution < -0.4 is 15.0 Å². The summed E-state index contributed by atoms with van der Waals surface area (Å²) in [5, 5.41) is 3.42. The summed E-state index contributed by atoms with van der Waals surface area (Å²) in [5.74, 6) is 0.684. The number of anilines is 1. The van der Waals surface area contributed by atoms with E-state index in [0.717, 1.165) is 43.3 Å². The van der Waals surface area contributed by atoms with Gasteiger partial charge >= 0.3 is 0 Å². The molecule has 7 heteroatoms. The number of benzene rings is 1. The molecule has 1 atom stereocenters. The van der Waals surface area contributed by atoms with Crippen LogP contribution in [0.3, 0.4) is 0 Å². The van der Waals surface area contributed by atoms with Gasteiger partial charge in [-0.25, -0.2) is 0 Å². The van der Waals surface area contributed by atoms with Crippen molar-refractivity contribution in [2.75, 3.05) is 31.6 Å². The van der Waals surface area contributed by atoms with Crippen LogP contribution in [0.4, 0.5) is 14.5 Å². The molecule has 1 saturated heterocycles. The van der Waals surface area contributed by atoms with Crippen molar-refractivity contribution < 1.29 is 17.9 Å². The number of rotatable bonds is 9. The summed E-state index contributed by atoms with van der Waals surface area (Å²) in [6, 6.07) is 11.7. The van der Waals surface area contributed by atoms with Crippen LogP contribution in [0, 0.1) is 5.92 Å². The maximum Gasteiger partial charge on any atom is 0.284 e. The minimum Gasteiger partial charge on any atom is -0.495 e. The summed E-state index contributed by atoms with van der Waals surface area (Å²) in [5.41, 5.74) is 1.14. The predicted octanol–water partition coefficient (Wildman–Crippen LogP) is 4.36. The van der Waals surface area contributed by atoms with E-state index in [9.17, 15) is 8.78 Å².